The van der Waals surface area contributed by atoms with Crippen molar-refractivity contribution in [1.82, 2.24) is 15.2 Å². The molecular formula is C23H22N4O4S. The van der Waals surface area contributed by atoms with Crippen LogP contribution in [0.15, 0.2) is 53.7 Å². The minimum atomic E-state index is -0.803. The number of hydrogen-bond donors (Lipinski definition) is 0. The quantitative estimate of drug-likeness (QED) is 0.420. The Morgan fingerprint density at radius 2 is 1.88 bits per heavy atom. The number of para-hydroxylation sites is 1. The van der Waals surface area contributed by atoms with E-state index in [1.54, 1.807) is 29.2 Å². The highest BCUT2D eigenvalue weighted by atomic mass is 32.2. The number of aromatic nitrogens is 3. The van der Waals surface area contributed by atoms with Crippen molar-refractivity contribution in [2.24, 2.45) is 0 Å². The summed E-state index contributed by atoms with van der Waals surface area (Å²) in [6, 6.07) is 14.2. The molecule has 0 radical (unpaired) electrons. The fourth-order valence-corrected chi connectivity index (χ4v) is 4.06. The normalized spacial score (nSPS) is 14.6. The number of esters is 1. The molecule has 0 N–H and O–H groups in total. The zero-order valence-corrected chi connectivity index (χ0v) is 18.8. The molecule has 0 fully saturated rings. The number of fused-ring (bicyclic) bond motifs is 3. The van der Waals surface area contributed by atoms with Gasteiger partial charge in [0.25, 0.3) is 0 Å². The van der Waals surface area contributed by atoms with Crippen LogP contribution in [-0.2, 0) is 9.53 Å². The van der Waals surface area contributed by atoms with Crippen molar-refractivity contribution in [3.05, 3.63) is 59.7 Å². The summed E-state index contributed by atoms with van der Waals surface area (Å²) in [6.07, 6.45) is 0.171. The standard InChI is InChI=1S/C23H22N4O4S/c1-4-13-32-23-24-20-19(25-26-23)17-7-5-6-8-18(17)27(14(2)28)21(31-20)15-9-11-16(12-10-15)22(29)30-3/h5-12,21H,4,13H2,1-3H3/t21-/m1/s1. The number of carbonyl (C=O) groups excluding carboxylic acids is 2. The number of rotatable bonds is 5. The average Bonchev–Trinajstić information content (AvgIpc) is 2.96. The highest BCUT2D eigenvalue weighted by Crippen LogP contribution is 2.43. The third-order valence-corrected chi connectivity index (χ3v) is 5.95. The lowest BCUT2D eigenvalue weighted by Gasteiger charge is -2.29. The summed E-state index contributed by atoms with van der Waals surface area (Å²) in [4.78, 5) is 30.8. The van der Waals surface area contributed by atoms with Crippen LogP contribution >= 0.6 is 11.8 Å². The Labute approximate surface area is 190 Å². The van der Waals surface area contributed by atoms with E-state index < -0.39 is 12.2 Å². The van der Waals surface area contributed by atoms with Crippen LogP contribution in [0.25, 0.3) is 11.3 Å². The number of benzene rings is 2. The number of thioether (sulfide) groups is 1. The van der Waals surface area contributed by atoms with Crippen molar-refractivity contribution >= 4 is 29.3 Å². The average molecular weight is 451 g/mol. The number of amides is 1. The van der Waals surface area contributed by atoms with Crippen molar-refractivity contribution in [3.63, 3.8) is 0 Å². The Bertz CT molecular complexity index is 1150. The first-order valence-corrected chi connectivity index (χ1v) is 11.1. The van der Waals surface area contributed by atoms with Gasteiger partial charge in [0.05, 0.1) is 18.4 Å². The van der Waals surface area contributed by atoms with Crippen molar-refractivity contribution in [3.8, 4) is 17.1 Å². The van der Waals surface area contributed by atoms with Crippen LogP contribution in [0.3, 0.4) is 0 Å². The second kappa shape index (κ2) is 9.35. The van der Waals surface area contributed by atoms with Gasteiger partial charge >= 0.3 is 5.97 Å². The van der Waals surface area contributed by atoms with Crippen molar-refractivity contribution in [2.75, 3.05) is 17.8 Å². The lowest BCUT2D eigenvalue weighted by Crippen LogP contribution is -2.36. The third-order valence-electron chi connectivity index (χ3n) is 4.90. The maximum absolute atomic E-state index is 12.8. The van der Waals surface area contributed by atoms with Gasteiger partial charge in [-0.3, -0.25) is 9.69 Å². The van der Waals surface area contributed by atoms with Gasteiger partial charge in [-0.25, -0.2) is 4.79 Å². The van der Waals surface area contributed by atoms with Crippen LogP contribution < -0.4 is 9.64 Å². The number of ether oxygens (including phenoxy) is 2. The van der Waals surface area contributed by atoms with Crippen LogP contribution in [0.5, 0.6) is 5.88 Å². The molecule has 32 heavy (non-hydrogen) atoms. The molecule has 8 nitrogen and oxygen atoms in total. The number of methoxy groups -OCH3 is 1. The fraction of sp³-hybridized carbons (Fsp3) is 0.261. The molecule has 1 atom stereocenters. The molecule has 0 saturated carbocycles. The molecule has 164 valence electrons. The smallest absolute Gasteiger partial charge is 0.337 e. The molecule has 0 spiro atoms. The number of hydrogen-bond acceptors (Lipinski definition) is 8. The van der Waals surface area contributed by atoms with Crippen molar-refractivity contribution in [2.45, 2.75) is 31.7 Å². The minimum absolute atomic E-state index is 0.208. The summed E-state index contributed by atoms with van der Waals surface area (Å²) >= 11 is 1.50. The maximum Gasteiger partial charge on any atom is 0.337 e. The van der Waals surface area contributed by atoms with Gasteiger partial charge in [0.15, 0.2) is 5.69 Å². The lowest BCUT2D eigenvalue weighted by atomic mass is 10.1. The van der Waals surface area contributed by atoms with Gasteiger partial charge in [0.1, 0.15) is 0 Å². The Hall–Kier alpha value is -3.46. The summed E-state index contributed by atoms with van der Waals surface area (Å²) < 4.78 is 11.1. The largest absolute Gasteiger partial charge is 0.465 e. The first-order chi connectivity index (χ1) is 15.5. The topological polar surface area (TPSA) is 94.5 Å². The molecule has 1 amide bonds. The molecule has 1 aromatic heterocycles. The van der Waals surface area contributed by atoms with E-state index in [0.29, 0.717) is 39.1 Å². The molecule has 1 aliphatic heterocycles. The number of nitrogens with zero attached hydrogens (tertiary/aromatic N) is 4. The molecular weight excluding hydrogens is 428 g/mol. The zero-order chi connectivity index (χ0) is 22.7. The van der Waals surface area contributed by atoms with Crippen molar-refractivity contribution < 1.29 is 19.1 Å². The second-order valence-corrected chi connectivity index (χ2v) is 8.15. The Kier molecular flexibility index (Phi) is 6.36. The van der Waals surface area contributed by atoms with Crippen LogP contribution in [0.2, 0.25) is 0 Å². The Morgan fingerprint density at radius 3 is 2.56 bits per heavy atom. The van der Waals surface area contributed by atoms with Gasteiger partial charge in [0, 0.05) is 23.8 Å². The molecule has 1 aliphatic rings. The number of anilines is 1. The molecule has 4 rings (SSSR count). The fourth-order valence-electron chi connectivity index (χ4n) is 3.43. The number of carbonyl (C=O) groups is 2. The van der Waals surface area contributed by atoms with E-state index in [4.69, 9.17) is 9.47 Å². The molecule has 3 aromatic rings. The summed E-state index contributed by atoms with van der Waals surface area (Å²) in [5.74, 6) is 0.513. The van der Waals surface area contributed by atoms with Gasteiger partial charge in [-0.2, -0.15) is 4.98 Å². The first-order valence-electron chi connectivity index (χ1n) is 10.1. The molecule has 0 aliphatic carbocycles. The van der Waals surface area contributed by atoms with Crippen molar-refractivity contribution in [1.29, 1.82) is 0 Å². The van der Waals surface area contributed by atoms with Crippen LogP contribution in [0, 0.1) is 0 Å². The Morgan fingerprint density at radius 1 is 1.12 bits per heavy atom. The zero-order valence-electron chi connectivity index (χ0n) is 17.9. The molecule has 0 unspecified atom stereocenters. The van der Waals surface area contributed by atoms with E-state index >= 15 is 0 Å². The van der Waals surface area contributed by atoms with Crippen LogP contribution in [0.1, 0.15) is 42.4 Å². The maximum atomic E-state index is 12.8. The summed E-state index contributed by atoms with van der Waals surface area (Å²) in [5, 5.41) is 9.14. The lowest BCUT2D eigenvalue weighted by molar-refractivity contribution is -0.118. The summed E-state index contributed by atoms with van der Waals surface area (Å²) in [6.45, 7) is 3.56. The second-order valence-electron chi connectivity index (χ2n) is 7.09. The van der Waals surface area contributed by atoms with Crippen LogP contribution in [-0.4, -0.2) is 39.9 Å². The van der Waals surface area contributed by atoms with E-state index in [0.717, 1.165) is 12.2 Å². The highest BCUT2D eigenvalue weighted by Gasteiger charge is 2.34. The van der Waals surface area contributed by atoms with E-state index in [2.05, 4.69) is 22.1 Å². The van der Waals surface area contributed by atoms with Gasteiger partial charge in [-0.05, 0) is 24.6 Å². The van der Waals surface area contributed by atoms with Gasteiger partial charge in [0.2, 0.25) is 23.2 Å². The molecule has 0 saturated heterocycles. The Balaban J connectivity index is 1.85. The first kappa shape index (κ1) is 21.8. The molecule has 2 aromatic carbocycles. The van der Waals surface area contributed by atoms with E-state index in [9.17, 15) is 9.59 Å². The predicted octanol–water partition coefficient (Wildman–Crippen LogP) is 4.27. The SMILES string of the molecule is CCCSc1nnc2c(n1)O[C@H](c1ccc(C(=O)OC)cc1)N(C(C)=O)c1ccccc1-2. The molecule has 9 heteroatoms. The van der Waals surface area contributed by atoms with E-state index in [1.807, 2.05) is 24.3 Å². The predicted molar refractivity (Wildman–Crippen MR) is 121 cm³/mol. The van der Waals surface area contributed by atoms with Gasteiger partial charge in [-0.1, -0.05) is 49.0 Å². The summed E-state index contributed by atoms with van der Waals surface area (Å²) in [7, 11) is 1.33. The minimum Gasteiger partial charge on any atom is -0.465 e. The van der Waals surface area contributed by atoms with E-state index in [-0.39, 0.29) is 5.91 Å². The van der Waals surface area contributed by atoms with Gasteiger partial charge < -0.3 is 9.47 Å². The third kappa shape index (κ3) is 4.16. The van der Waals surface area contributed by atoms with Gasteiger partial charge in [-0.15, -0.1) is 10.2 Å². The van der Waals surface area contributed by atoms with Crippen LogP contribution in [0.4, 0.5) is 5.69 Å². The van der Waals surface area contributed by atoms with E-state index in [1.165, 1.54) is 25.8 Å². The monoisotopic (exact) mass is 450 g/mol. The summed E-state index contributed by atoms with van der Waals surface area (Å²) in [5.41, 5.74) is 2.91. The molecule has 0 bridgehead atoms. The molecule has 2 heterocycles. The highest BCUT2D eigenvalue weighted by molar-refractivity contribution is 7.99.